The fourth-order valence-electron chi connectivity index (χ4n) is 7.79. The van der Waals surface area contributed by atoms with E-state index >= 15 is 0 Å². The standard InChI is InChI=1S/C27H44O7/c1-16(8-11-22(28)31-5)19-9-10-20-23-21(12-13-26(19,20)3)27(4,17(2)15-34-23)14-18(24(29)32-6)25(30)33-7/h16-21,23H,8-15H2,1-7H3/t16-,17-,19-,20+,21+,23+,26-,27+/m1/s1. The van der Waals surface area contributed by atoms with Gasteiger partial charge in [0.25, 0.3) is 0 Å². The molecule has 34 heavy (non-hydrogen) atoms. The van der Waals surface area contributed by atoms with Crippen LogP contribution in [-0.4, -0.2) is 51.9 Å². The molecule has 3 aliphatic rings. The van der Waals surface area contributed by atoms with E-state index in [-0.39, 0.29) is 34.7 Å². The summed E-state index contributed by atoms with van der Waals surface area (Å²) in [6.45, 7) is 9.72. The van der Waals surface area contributed by atoms with E-state index < -0.39 is 17.9 Å². The molecule has 0 aromatic carbocycles. The van der Waals surface area contributed by atoms with E-state index in [2.05, 4.69) is 27.7 Å². The highest BCUT2D eigenvalue weighted by molar-refractivity contribution is 5.94. The third kappa shape index (κ3) is 4.74. The number of hydrogen-bond donors (Lipinski definition) is 0. The molecule has 2 saturated carbocycles. The molecule has 0 bridgehead atoms. The minimum atomic E-state index is -0.913. The van der Waals surface area contributed by atoms with Gasteiger partial charge in [-0.3, -0.25) is 14.4 Å². The summed E-state index contributed by atoms with van der Waals surface area (Å²) < 4.78 is 21.3. The molecule has 0 N–H and O–H groups in total. The van der Waals surface area contributed by atoms with Crippen molar-refractivity contribution >= 4 is 17.9 Å². The van der Waals surface area contributed by atoms with Crippen molar-refractivity contribution in [3.8, 4) is 0 Å². The molecule has 1 heterocycles. The highest BCUT2D eigenvalue weighted by Crippen LogP contribution is 2.64. The van der Waals surface area contributed by atoms with E-state index in [4.69, 9.17) is 18.9 Å². The van der Waals surface area contributed by atoms with Crippen LogP contribution in [0.25, 0.3) is 0 Å². The minimum Gasteiger partial charge on any atom is -0.469 e. The number of carbonyl (C=O) groups excluding carboxylic acids is 3. The molecule has 7 heteroatoms. The van der Waals surface area contributed by atoms with Crippen LogP contribution in [0.1, 0.15) is 72.6 Å². The summed E-state index contributed by atoms with van der Waals surface area (Å²) in [4.78, 5) is 36.7. The smallest absolute Gasteiger partial charge is 0.320 e. The van der Waals surface area contributed by atoms with E-state index in [1.54, 1.807) is 0 Å². The predicted octanol–water partition coefficient (Wildman–Crippen LogP) is 4.41. The second-order valence-corrected chi connectivity index (χ2v) is 11.5. The second-order valence-electron chi connectivity index (χ2n) is 11.5. The molecule has 1 saturated heterocycles. The second kappa shape index (κ2) is 10.5. The molecular weight excluding hydrogens is 436 g/mol. The van der Waals surface area contributed by atoms with Crippen molar-refractivity contribution < 1.29 is 33.3 Å². The van der Waals surface area contributed by atoms with Gasteiger partial charge in [-0.25, -0.2) is 0 Å². The number of carbonyl (C=O) groups is 3. The Labute approximate surface area is 204 Å². The van der Waals surface area contributed by atoms with Crippen molar-refractivity contribution in [3.63, 3.8) is 0 Å². The van der Waals surface area contributed by atoms with Gasteiger partial charge in [-0.2, -0.15) is 0 Å². The Kier molecular flexibility index (Phi) is 8.37. The number of esters is 3. The van der Waals surface area contributed by atoms with Crippen LogP contribution in [0.4, 0.5) is 0 Å². The van der Waals surface area contributed by atoms with Gasteiger partial charge < -0.3 is 18.9 Å². The van der Waals surface area contributed by atoms with Gasteiger partial charge in [0.1, 0.15) is 0 Å². The summed E-state index contributed by atoms with van der Waals surface area (Å²) in [6.07, 6.45) is 6.22. The Hall–Kier alpha value is -1.63. The van der Waals surface area contributed by atoms with Crippen LogP contribution in [0.5, 0.6) is 0 Å². The Morgan fingerprint density at radius 3 is 2.21 bits per heavy atom. The van der Waals surface area contributed by atoms with Crippen LogP contribution in [0.2, 0.25) is 0 Å². The molecule has 8 atom stereocenters. The van der Waals surface area contributed by atoms with E-state index in [1.807, 2.05) is 0 Å². The molecule has 0 amide bonds. The maximum Gasteiger partial charge on any atom is 0.320 e. The number of ether oxygens (including phenoxy) is 4. The normalized spacial score (nSPS) is 37.9. The topological polar surface area (TPSA) is 88.1 Å². The molecule has 0 spiro atoms. The molecule has 0 aromatic heterocycles. The van der Waals surface area contributed by atoms with Crippen molar-refractivity contribution in [2.45, 2.75) is 78.7 Å². The first kappa shape index (κ1) is 27.0. The zero-order valence-electron chi connectivity index (χ0n) is 22.1. The van der Waals surface area contributed by atoms with Crippen LogP contribution in [0.15, 0.2) is 0 Å². The lowest BCUT2D eigenvalue weighted by atomic mass is 9.51. The van der Waals surface area contributed by atoms with E-state index in [1.165, 1.54) is 21.3 Å². The van der Waals surface area contributed by atoms with Gasteiger partial charge in [-0.05, 0) is 78.9 Å². The largest absolute Gasteiger partial charge is 0.469 e. The molecule has 0 aromatic rings. The zero-order chi connectivity index (χ0) is 25.3. The molecule has 1 aliphatic heterocycles. The predicted molar refractivity (Wildman–Crippen MR) is 127 cm³/mol. The molecule has 3 rings (SSSR count). The third-order valence-electron chi connectivity index (χ3n) is 10.1. The number of hydrogen-bond acceptors (Lipinski definition) is 7. The maximum absolute atomic E-state index is 12.5. The third-order valence-corrected chi connectivity index (χ3v) is 10.1. The van der Waals surface area contributed by atoms with Crippen molar-refractivity contribution in [3.05, 3.63) is 0 Å². The van der Waals surface area contributed by atoms with Crippen LogP contribution >= 0.6 is 0 Å². The van der Waals surface area contributed by atoms with Crippen molar-refractivity contribution in [2.75, 3.05) is 27.9 Å². The van der Waals surface area contributed by atoms with Crippen LogP contribution in [-0.2, 0) is 33.3 Å². The van der Waals surface area contributed by atoms with E-state index in [9.17, 15) is 14.4 Å². The van der Waals surface area contributed by atoms with Gasteiger partial charge in [-0.15, -0.1) is 0 Å². The fourth-order valence-corrected chi connectivity index (χ4v) is 7.79. The van der Waals surface area contributed by atoms with Crippen LogP contribution in [0.3, 0.4) is 0 Å². The summed E-state index contributed by atoms with van der Waals surface area (Å²) in [5.74, 6) is -0.170. The molecule has 3 fully saturated rings. The molecular formula is C27H44O7. The van der Waals surface area contributed by atoms with Crippen molar-refractivity contribution in [1.29, 1.82) is 0 Å². The lowest BCUT2D eigenvalue weighted by Gasteiger charge is -2.58. The Balaban J connectivity index is 1.81. The summed E-state index contributed by atoms with van der Waals surface area (Å²) in [5, 5.41) is 0. The minimum absolute atomic E-state index is 0.119. The average molecular weight is 481 g/mol. The highest BCUT2D eigenvalue weighted by atomic mass is 16.5. The van der Waals surface area contributed by atoms with Gasteiger partial charge in [-0.1, -0.05) is 27.7 Å². The average Bonchev–Trinajstić information content (AvgIpc) is 3.19. The first-order valence-corrected chi connectivity index (χ1v) is 12.9. The summed E-state index contributed by atoms with van der Waals surface area (Å²) >= 11 is 0. The zero-order valence-corrected chi connectivity index (χ0v) is 22.1. The highest BCUT2D eigenvalue weighted by Gasteiger charge is 2.61. The van der Waals surface area contributed by atoms with E-state index in [0.29, 0.717) is 37.2 Å². The summed E-state index contributed by atoms with van der Waals surface area (Å²) in [5.41, 5.74) is -0.0613. The monoisotopic (exact) mass is 480 g/mol. The fraction of sp³-hybridized carbons (Fsp3) is 0.889. The van der Waals surface area contributed by atoms with Gasteiger partial charge in [0.2, 0.25) is 0 Å². The summed E-state index contributed by atoms with van der Waals surface area (Å²) in [6, 6.07) is 0. The quantitative estimate of drug-likeness (QED) is 0.289. The molecule has 194 valence electrons. The Morgan fingerprint density at radius 1 is 0.971 bits per heavy atom. The van der Waals surface area contributed by atoms with Crippen LogP contribution < -0.4 is 0 Å². The molecule has 2 aliphatic carbocycles. The number of rotatable bonds is 8. The SMILES string of the molecule is COC(=O)CC[C@@H](C)[C@H]1CC[C@H]2[C@@H]3OC[C@@H](C)[C@](C)(CC(C(=O)OC)C(=O)OC)[C@H]3CC[C@]12C. The molecule has 7 nitrogen and oxygen atoms in total. The number of fused-ring (bicyclic) bond motifs is 3. The molecule has 0 unspecified atom stereocenters. The van der Waals surface area contributed by atoms with Gasteiger partial charge >= 0.3 is 17.9 Å². The summed E-state index contributed by atoms with van der Waals surface area (Å²) in [7, 11) is 4.09. The van der Waals surface area contributed by atoms with Gasteiger partial charge in [0, 0.05) is 6.42 Å². The Bertz CT molecular complexity index is 750. The van der Waals surface area contributed by atoms with Gasteiger partial charge in [0.05, 0.1) is 34.0 Å². The Morgan fingerprint density at radius 2 is 1.62 bits per heavy atom. The first-order chi connectivity index (χ1) is 16.0. The number of methoxy groups -OCH3 is 3. The first-order valence-electron chi connectivity index (χ1n) is 12.9. The van der Waals surface area contributed by atoms with Gasteiger partial charge in [0.15, 0.2) is 5.92 Å². The van der Waals surface area contributed by atoms with Crippen LogP contribution in [0, 0.1) is 46.3 Å². The lowest BCUT2D eigenvalue weighted by Crippen LogP contribution is -2.58. The van der Waals surface area contributed by atoms with Crippen molar-refractivity contribution in [2.24, 2.45) is 46.3 Å². The lowest BCUT2D eigenvalue weighted by molar-refractivity contribution is -0.202. The van der Waals surface area contributed by atoms with E-state index in [0.717, 1.165) is 32.1 Å². The molecule has 0 radical (unpaired) electrons. The maximum atomic E-state index is 12.5. The van der Waals surface area contributed by atoms with Crippen molar-refractivity contribution in [1.82, 2.24) is 0 Å².